The molecule has 2 heterocycles. The zero-order valence-electron chi connectivity index (χ0n) is 19.3. The smallest absolute Gasteiger partial charge is 0.416 e. The SMILES string of the molecule is COc1ccc(NC(=O)CSc2nc3c([nH]c4ccccc43)c(=O)n2-c2cccc(C(F)(F)F)c2)cc1. The van der Waals surface area contributed by atoms with Crippen molar-refractivity contribution >= 4 is 45.3 Å². The van der Waals surface area contributed by atoms with Gasteiger partial charge >= 0.3 is 6.18 Å². The van der Waals surface area contributed by atoms with Gasteiger partial charge in [-0.05, 0) is 48.5 Å². The Bertz CT molecular complexity index is 1680. The second-order valence-electron chi connectivity index (χ2n) is 8.04. The highest BCUT2D eigenvalue weighted by Gasteiger charge is 2.31. The summed E-state index contributed by atoms with van der Waals surface area (Å²) < 4.78 is 46.4. The van der Waals surface area contributed by atoms with Crippen molar-refractivity contribution < 1.29 is 22.7 Å². The summed E-state index contributed by atoms with van der Waals surface area (Å²) in [5.74, 6) is 0.124. The zero-order chi connectivity index (χ0) is 26.2. The number of rotatable bonds is 6. The molecule has 0 saturated heterocycles. The van der Waals surface area contributed by atoms with Gasteiger partial charge in [0.15, 0.2) is 5.16 Å². The van der Waals surface area contributed by atoms with E-state index in [4.69, 9.17) is 4.74 Å². The lowest BCUT2D eigenvalue weighted by atomic mass is 10.2. The van der Waals surface area contributed by atoms with Crippen LogP contribution in [0.25, 0.3) is 27.6 Å². The number of benzene rings is 3. The molecule has 0 fully saturated rings. The maximum Gasteiger partial charge on any atom is 0.416 e. The molecular weight excluding hydrogens is 505 g/mol. The fraction of sp³-hybridized carbons (Fsp3) is 0.115. The van der Waals surface area contributed by atoms with E-state index in [0.717, 1.165) is 28.5 Å². The largest absolute Gasteiger partial charge is 0.497 e. The van der Waals surface area contributed by atoms with Crippen LogP contribution in [0.15, 0.2) is 82.7 Å². The third kappa shape index (κ3) is 4.90. The molecule has 11 heteroatoms. The lowest BCUT2D eigenvalue weighted by Gasteiger charge is -2.14. The molecule has 0 bridgehead atoms. The Morgan fingerprint density at radius 2 is 1.84 bits per heavy atom. The lowest BCUT2D eigenvalue weighted by Crippen LogP contribution is -2.23. The summed E-state index contributed by atoms with van der Waals surface area (Å²) in [7, 11) is 1.53. The second-order valence-corrected chi connectivity index (χ2v) is 8.99. The van der Waals surface area contributed by atoms with Gasteiger partial charge in [0.2, 0.25) is 5.91 Å². The Morgan fingerprint density at radius 3 is 2.57 bits per heavy atom. The Hall–Kier alpha value is -4.25. The Morgan fingerprint density at radius 1 is 1.08 bits per heavy atom. The number of aromatic amines is 1. The molecule has 0 saturated carbocycles. The topological polar surface area (TPSA) is 89.0 Å². The predicted molar refractivity (Wildman–Crippen MR) is 137 cm³/mol. The van der Waals surface area contributed by atoms with E-state index in [1.807, 2.05) is 0 Å². The molecule has 0 aliphatic carbocycles. The molecule has 7 nitrogen and oxygen atoms in total. The van der Waals surface area contributed by atoms with E-state index in [1.54, 1.807) is 48.5 Å². The third-order valence-corrected chi connectivity index (χ3v) is 6.57. The van der Waals surface area contributed by atoms with Crippen molar-refractivity contribution in [2.24, 2.45) is 0 Å². The molecular formula is C26H19F3N4O3S. The van der Waals surface area contributed by atoms with Gasteiger partial charge in [0.05, 0.1) is 24.1 Å². The molecule has 0 aliphatic heterocycles. The molecule has 3 aromatic carbocycles. The van der Waals surface area contributed by atoms with Gasteiger partial charge in [0.25, 0.3) is 5.56 Å². The summed E-state index contributed by atoms with van der Waals surface area (Å²) in [5, 5.41) is 3.52. The standard InChI is InChI=1S/C26H19F3N4O3S/c1-36-18-11-9-16(10-12-18)30-21(34)14-37-25-32-22-19-7-2-3-8-20(19)31-23(22)24(35)33(25)17-6-4-5-15(13-17)26(27,28)29/h2-13,31H,14H2,1H3,(H,30,34). The van der Waals surface area contributed by atoms with E-state index in [1.165, 1.54) is 19.2 Å². The summed E-state index contributed by atoms with van der Waals surface area (Å²) >= 11 is 0.951. The number of nitrogens with zero attached hydrogens (tertiary/aromatic N) is 2. The first kappa shape index (κ1) is 24.4. The zero-order valence-corrected chi connectivity index (χ0v) is 20.1. The van der Waals surface area contributed by atoms with Gasteiger partial charge in [-0.3, -0.25) is 14.2 Å². The maximum absolute atomic E-state index is 13.6. The van der Waals surface area contributed by atoms with Crippen molar-refractivity contribution in [1.82, 2.24) is 14.5 Å². The highest BCUT2D eigenvalue weighted by Crippen LogP contribution is 2.32. The molecule has 0 atom stereocenters. The number of thioether (sulfide) groups is 1. The number of hydrogen-bond donors (Lipinski definition) is 2. The number of H-pyrrole nitrogens is 1. The van der Waals surface area contributed by atoms with Crippen LogP contribution in [0.2, 0.25) is 0 Å². The van der Waals surface area contributed by atoms with E-state index < -0.39 is 17.3 Å². The minimum Gasteiger partial charge on any atom is -0.497 e. The van der Waals surface area contributed by atoms with Gasteiger partial charge in [-0.2, -0.15) is 13.2 Å². The molecule has 5 rings (SSSR count). The number of alkyl halides is 3. The second kappa shape index (κ2) is 9.66. The van der Waals surface area contributed by atoms with E-state index in [-0.39, 0.29) is 28.0 Å². The number of anilines is 1. The predicted octanol–water partition coefficient (Wildman–Crippen LogP) is 5.63. The first-order valence-corrected chi connectivity index (χ1v) is 12.0. The fourth-order valence-corrected chi connectivity index (χ4v) is 4.70. The first-order valence-electron chi connectivity index (χ1n) is 11.0. The van der Waals surface area contributed by atoms with E-state index in [9.17, 15) is 22.8 Å². The van der Waals surface area contributed by atoms with Crippen LogP contribution in [0.5, 0.6) is 5.75 Å². The number of amides is 1. The average molecular weight is 525 g/mol. The molecule has 0 radical (unpaired) electrons. The van der Waals surface area contributed by atoms with Crippen LogP contribution in [-0.4, -0.2) is 33.3 Å². The molecule has 2 N–H and O–H groups in total. The van der Waals surface area contributed by atoms with Gasteiger partial charge in [-0.1, -0.05) is 36.0 Å². The van der Waals surface area contributed by atoms with Crippen LogP contribution in [0, 0.1) is 0 Å². The van der Waals surface area contributed by atoms with Crippen LogP contribution in [-0.2, 0) is 11.0 Å². The normalized spacial score (nSPS) is 11.7. The summed E-state index contributed by atoms with van der Waals surface area (Å²) in [6, 6.07) is 18.3. The molecule has 188 valence electrons. The summed E-state index contributed by atoms with van der Waals surface area (Å²) in [6.45, 7) is 0. The van der Waals surface area contributed by atoms with Crippen LogP contribution < -0.4 is 15.6 Å². The Labute approximate surface area is 212 Å². The molecule has 5 aromatic rings. The van der Waals surface area contributed by atoms with Gasteiger partial charge < -0.3 is 15.0 Å². The van der Waals surface area contributed by atoms with Crippen molar-refractivity contribution in [2.75, 3.05) is 18.2 Å². The summed E-state index contributed by atoms with van der Waals surface area (Å²) in [4.78, 5) is 33.8. The van der Waals surface area contributed by atoms with Crippen LogP contribution in [0.1, 0.15) is 5.56 Å². The number of halogens is 3. The monoisotopic (exact) mass is 524 g/mol. The van der Waals surface area contributed by atoms with Crippen molar-refractivity contribution in [2.45, 2.75) is 11.3 Å². The number of aromatic nitrogens is 3. The van der Waals surface area contributed by atoms with Crippen molar-refractivity contribution in [3.8, 4) is 11.4 Å². The van der Waals surface area contributed by atoms with Gasteiger partial charge in [0.1, 0.15) is 16.8 Å². The number of carbonyl (C=O) groups excluding carboxylic acids is 1. The number of para-hydroxylation sites is 1. The van der Waals surface area contributed by atoms with Crippen molar-refractivity contribution in [3.63, 3.8) is 0 Å². The number of ether oxygens (including phenoxy) is 1. The number of carbonyl (C=O) groups is 1. The quantitative estimate of drug-likeness (QED) is 0.222. The van der Waals surface area contributed by atoms with E-state index in [0.29, 0.717) is 27.9 Å². The fourth-order valence-electron chi connectivity index (χ4n) is 3.89. The van der Waals surface area contributed by atoms with E-state index in [2.05, 4.69) is 15.3 Å². The van der Waals surface area contributed by atoms with Gasteiger partial charge in [-0.25, -0.2) is 4.98 Å². The highest BCUT2D eigenvalue weighted by atomic mass is 32.2. The minimum absolute atomic E-state index is 0.00839. The third-order valence-electron chi connectivity index (χ3n) is 5.63. The molecule has 0 aliphatic rings. The molecule has 0 spiro atoms. The molecule has 2 aromatic heterocycles. The van der Waals surface area contributed by atoms with Gasteiger partial charge in [-0.15, -0.1) is 0 Å². The van der Waals surface area contributed by atoms with Gasteiger partial charge in [0, 0.05) is 16.6 Å². The Kier molecular flexibility index (Phi) is 6.38. The highest BCUT2D eigenvalue weighted by molar-refractivity contribution is 7.99. The summed E-state index contributed by atoms with van der Waals surface area (Å²) in [5.41, 5.74) is 0.262. The van der Waals surface area contributed by atoms with Crippen molar-refractivity contribution in [1.29, 1.82) is 0 Å². The number of methoxy groups -OCH3 is 1. The first-order chi connectivity index (χ1) is 17.7. The number of fused-ring (bicyclic) bond motifs is 3. The average Bonchev–Trinajstić information content (AvgIpc) is 3.27. The maximum atomic E-state index is 13.6. The Balaban J connectivity index is 1.55. The van der Waals surface area contributed by atoms with E-state index >= 15 is 0 Å². The van der Waals surface area contributed by atoms with Crippen LogP contribution >= 0.6 is 11.8 Å². The molecule has 1 amide bonds. The van der Waals surface area contributed by atoms with Crippen LogP contribution in [0.3, 0.4) is 0 Å². The summed E-state index contributed by atoms with van der Waals surface area (Å²) in [6.07, 6.45) is -4.59. The number of nitrogens with one attached hydrogen (secondary N) is 2. The molecule has 37 heavy (non-hydrogen) atoms. The molecule has 0 unspecified atom stereocenters. The lowest BCUT2D eigenvalue weighted by molar-refractivity contribution is -0.137. The van der Waals surface area contributed by atoms with Crippen molar-refractivity contribution in [3.05, 3.63) is 88.7 Å². The minimum atomic E-state index is -4.59. The number of hydrogen-bond acceptors (Lipinski definition) is 5. The van der Waals surface area contributed by atoms with Crippen LogP contribution in [0.4, 0.5) is 18.9 Å².